The lowest BCUT2D eigenvalue weighted by Crippen LogP contribution is -2.24. The first-order valence-electron chi connectivity index (χ1n) is 10.0. The molecule has 168 valence electrons. The summed E-state index contributed by atoms with van der Waals surface area (Å²) >= 11 is 18.2. The summed E-state index contributed by atoms with van der Waals surface area (Å²) in [7, 11) is 0. The molecule has 0 saturated carbocycles. The summed E-state index contributed by atoms with van der Waals surface area (Å²) in [5.41, 5.74) is 2.13. The predicted molar refractivity (Wildman–Crippen MR) is 131 cm³/mol. The second-order valence-electron chi connectivity index (χ2n) is 7.31. The number of carboxylic acid groups (broad SMARTS) is 1. The van der Waals surface area contributed by atoms with E-state index in [1.165, 1.54) is 6.07 Å². The van der Waals surface area contributed by atoms with Crippen molar-refractivity contribution in [1.82, 2.24) is 14.3 Å². The largest absolute Gasteiger partial charge is 0.477 e. The van der Waals surface area contributed by atoms with E-state index in [0.29, 0.717) is 27.8 Å². The van der Waals surface area contributed by atoms with Gasteiger partial charge in [-0.1, -0.05) is 53.0 Å². The summed E-state index contributed by atoms with van der Waals surface area (Å²) in [6.07, 6.45) is 1.80. The minimum atomic E-state index is -1.31. The van der Waals surface area contributed by atoms with Gasteiger partial charge in [-0.15, -0.1) is 0 Å². The SMILES string of the molecule is CCn1c(Cn2ccc(-c3ccc(Cl)cc3)n2)cc(=O)c(C(=O)O)c1-c1ccc(Cl)c(Cl)c1. The van der Waals surface area contributed by atoms with Crippen molar-refractivity contribution in [2.24, 2.45) is 0 Å². The van der Waals surface area contributed by atoms with Crippen molar-refractivity contribution in [1.29, 1.82) is 0 Å². The van der Waals surface area contributed by atoms with E-state index in [-0.39, 0.29) is 22.8 Å². The standard InChI is InChI=1S/C24H18Cl3N3O3/c1-2-30-17(13-29-10-9-20(28-29)14-3-6-16(25)7-4-14)12-21(31)22(24(32)33)23(30)15-5-8-18(26)19(27)11-15/h3-12H,2,13H2,1H3,(H,32,33). The van der Waals surface area contributed by atoms with Gasteiger partial charge >= 0.3 is 5.97 Å². The average molecular weight is 503 g/mol. The number of benzene rings is 2. The molecule has 0 spiro atoms. The monoisotopic (exact) mass is 501 g/mol. The number of hydrogen-bond acceptors (Lipinski definition) is 3. The minimum absolute atomic E-state index is 0.269. The topological polar surface area (TPSA) is 77.1 Å². The van der Waals surface area contributed by atoms with Crippen LogP contribution in [-0.4, -0.2) is 25.4 Å². The van der Waals surface area contributed by atoms with Crippen LogP contribution in [0, 0.1) is 0 Å². The van der Waals surface area contributed by atoms with Gasteiger partial charge in [0.15, 0.2) is 5.43 Å². The van der Waals surface area contributed by atoms with Crippen LogP contribution in [0.4, 0.5) is 0 Å². The number of carbonyl (C=O) groups is 1. The summed E-state index contributed by atoms with van der Waals surface area (Å²) in [5.74, 6) is -1.31. The maximum atomic E-state index is 12.8. The molecule has 0 aliphatic carbocycles. The van der Waals surface area contributed by atoms with Crippen LogP contribution in [0.3, 0.4) is 0 Å². The number of rotatable bonds is 6. The van der Waals surface area contributed by atoms with Gasteiger partial charge in [-0.05, 0) is 37.3 Å². The van der Waals surface area contributed by atoms with E-state index in [4.69, 9.17) is 34.8 Å². The molecule has 0 radical (unpaired) electrons. The first-order chi connectivity index (χ1) is 15.8. The predicted octanol–water partition coefficient (Wildman–Crippen LogP) is 6.11. The van der Waals surface area contributed by atoms with Gasteiger partial charge in [0.1, 0.15) is 5.56 Å². The van der Waals surface area contributed by atoms with E-state index in [2.05, 4.69) is 5.10 Å². The number of nitrogens with zero attached hydrogens (tertiary/aromatic N) is 3. The van der Waals surface area contributed by atoms with Gasteiger partial charge in [0.25, 0.3) is 0 Å². The fourth-order valence-corrected chi connectivity index (χ4v) is 4.15. The van der Waals surface area contributed by atoms with Crippen molar-refractivity contribution in [3.05, 3.63) is 97.3 Å². The molecule has 0 atom stereocenters. The number of aromatic carboxylic acids is 1. The Balaban J connectivity index is 1.82. The zero-order chi connectivity index (χ0) is 23.7. The van der Waals surface area contributed by atoms with Gasteiger partial charge < -0.3 is 9.67 Å². The van der Waals surface area contributed by atoms with Crippen molar-refractivity contribution in [2.45, 2.75) is 20.0 Å². The van der Waals surface area contributed by atoms with Crippen LogP contribution in [-0.2, 0) is 13.1 Å². The van der Waals surface area contributed by atoms with Crippen LogP contribution >= 0.6 is 34.8 Å². The van der Waals surface area contributed by atoms with Crippen LogP contribution < -0.4 is 5.43 Å². The molecule has 0 unspecified atom stereocenters. The molecular formula is C24H18Cl3N3O3. The average Bonchev–Trinajstić information content (AvgIpc) is 3.24. The van der Waals surface area contributed by atoms with Gasteiger partial charge in [-0.2, -0.15) is 5.10 Å². The number of pyridine rings is 1. The van der Waals surface area contributed by atoms with Gasteiger partial charge in [0.05, 0.1) is 28.0 Å². The Kier molecular flexibility index (Phi) is 6.61. The van der Waals surface area contributed by atoms with Crippen LogP contribution in [0.25, 0.3) is 22.5 Å². The van der Waals surface area contributed by atoms with Crippen molar-refractivity contribution in [2.75, 3.05) is 0 Å². The van der Waals surface area contributed by atoms with E-state index < -0.39 is 11.4 Å². The molecule has 0 amide bonds. The Bertz CT molecular complexity index is 1410. The maximum absolute atomic E-state index is 12.8. The van der Waals surface area contributed by atoms with Crippen LogP contribution in [0.15, 0.2) is 65.6 Å². The van der Waals surface area contributed by atoms with Gasteiger partial charge in [0.2, 0.25) is 0 Å². The molecule has 0 saturated heterocycles. The molecule has 6 nitrogen and oxygen atoms in total. The third kappa shape index (κ3) is 4.69. The van der Waals surface area contributed by atoms with Crippen LogP contribution in [0.1, 0.15) is 23.0 Å². The zero-order valence-electron chi connectivity index (χ0n) is 17.4. The van der Waals surface area contributed by atoms with Crippen molar-refractivity contribution in [3.8, 4) is 22.5 Å². The molecule has 0 aliphatic rings. The molecule has 2 aromatic carbocycles. The summed E-state index contributed by atoms with van der Waals surface area (Å²) in [6.45, 7) is 2.57. The van der Waals surface area contributed by atoms with Gasteiger partial charge in [-0.3, -0.25) is 9.48 Å². The lowest BCUT2D eigenvalue weighted by Gasteiger charge is -2.20. The highest BCUT2D eigenvalue weighted by Gasteiger charge is 2.22. The molecule has 0 bridgehead atoms. The van der Waals surface area contributed by atoms with E-state index in [0.717, 1.165) is 11.3 Å². The quantitative estimate of drug-likeness (QED) is 0.345. The third-order valence-electron chi connectivity index (χ3n) is 5.23. The van der Waals surface area contributed by atoms with E-state index >= 15 is 0 Å². The maximum Gasteiger partial charge on any atom is 0.341 e. The fourth-order valence-electron chi connectivity index (χ4n) is 3.73. The molecule has 4 aromatic rings. The van der Waals surface area contributed by atoms with Crippen LogP contribution in [0.5, 0.6) is 0 Å². The van der Waals surface area contributed by atoms with E-state index in [1.54, 1.807) is 45.8 Å². The van der Waals surface area contributed by atoms with E-state index in [1.807, 2.05) is 25.1 Å². The normalized spacial score (nSPS) is 11.0. The Hall–Kier alpha value is -3.06. The second-order valence-corrected chi connectivity index (χ2v) is 8.56. The fraction of sp³-hybridized carbons (Fsp3) is 0.125. The molecule has 33 heavy (non-hydrogen) atoms. The summed E-state index contributed by atoms with van der Waals surface area (Å²) in [4.78, 5) is 24.8. The highest BCUT2D eigenvalue weighted by molar-refractivity contribution is 6.42. The molecule has 1 N–H and O–H groups in total. The van der Waals surface area contributed by atoms with Crippen molar-refractivity contribution < 1.29 is 9.90 Å². The molecule has 4 rings (SSSR count). The molecule has 2 heterocycles. The number of aromatic nitrogens is 3. The lowest BCUT2D eigenvalue weighted by atomic mass is 10.0. The smallest absolute Gasteiger partial charge is 0.341 e. The Morgan fingerprint density at radius 2 is 1.67 bits per heavy atom. The Labute approximate surface area is 204 Å². The number of carboxylic acids is 1. The second kappa shape index (κ2) is 9.43. The minimum Gasteiger partial charge on any atom is -0.477 e. The molecule has 9 heteroatoms. The van der Waals surface area contributed by atoms with E-state index in [9.17, 15) is 14.7 Å². The van der Waals surface area contributed by atoms with Crippen LogP contribution in [0.2, 0.25) is 15.1 Å². The Morgan fingerprint density at radius 1 is 0.970 bits per heavy atom. The molecule has 2 aromatic heterocycles. The first kappa shape index (κ1) is 23.1. The molecule has 0 fully saturated rings. The third-order valence-corrected chi connectivity index (χ3v) is 6.22. The summed E-state index contributed by atoms with van der Waals surface area (Å²) in [6, 6.07) is 15.3. The summed E-state index contributed by atoms with van der Waals surface area (Å²) in [5, 5.41) is 15.6. The van der Waals surface area contributed by atoms with Crippen molar-refractivity contribution >= 4 is 40.8 Å². The Morgan fingerprint density at radius 3 is 2.30 bits per heavy atom. The zero-order valence-corrected chi connectivity index (χ0v) is 19.7. The highest BCUT2D eigenvalue weighted by atomic mass is 35.5. The van der Waals surface area contributed by atoms with Gasteiger partial charge in [-0.25, -0.2) is 4.79 Å². The number of hydrogen-bond donors (Lipinski definition) is 1. The highest BCUT2D eigenvalue weighted by Crippen LogP contribution is 2.31. The lowest BCUT2D eigenvalue weighted by molar-refractivity contribution is 0.0695. The summed E-state index contributed by atoms with van der Waals surface area (Å²) < 4.78 is 3.48. The van der Waals surface area contributed by atoms with Crippen molar-refractivity contribution in [3.63, 3.8) is 0 Å². The number of halogens is 3. The van der Waals surface area contributed by atoms with Gasteiger partial charge in [0, 0.05) is 40.7 Å². The molecule has 0 aliphatic heterocycles. The first-order valence-corrected chi connectivity index (χ1v) is 11.2. The molecular weight excluding hydrogens is 485 g/mol.